The van der Waals surface area contributed by atoms with Crippen molar-refractivity contribution in [3.8, 4) is 0 Å². The standard InChI is InChI=1S/C8H13Br/c1-3-5-6-7-8(9)4-2/h4-6,8H,2-3,7H2,1H3. The van der Waals surface area contributed by atoms with Crippen LogP contribution in [-0.4, -0.2) is 4.83 Å². The van der Waals surface area contributed by atoms with Gasteiger partial charge in [-0.3, -0.25) is 0 Å². The molecule has 0 aromatic rings. The fourth-order valence-electron chi connectivity index (χ4n) is 0.489. The first-order valence-corrected chi connectivity index (χ1v) is 4.14. The number of alkyl halides is 1. The summed E-state index contributed by atoms with van der Waals surface area (Å²) in [7, 11) is 0. The van der Waals surface area contributed by atoms with Crippen molar-refractivity contribution >= 4 is 15.9 Å². The Morgan fingerprint density at radius 3 is 2.67 bits per heavy atom. The first kappa shape index (κ1) is 8.96. The van der Waals surface area contributed by atoms with Gasteiger partial charge in [-0.15, -0.1) is 6.58 Å². The molecular formula is C8H13Br. The third kappa shape index (κ3) is 5.84. The fraction of sp³-hybridized carbons (Fsp3) is 0.500. The molecule has 0 nitrogen and oxygen atoms in total. The highest BCUT2D eigenvalue weighted by atomic mass is 79.9. The number of allylic oxidation sites excluding steroid dienone is 3. The molecule has 0 radical (unpaired) electrons. The lowest BCUT2D eigenvalue weighted by Gasteiger charge is -1.95. The van der Waals surface area contributed by atoms with E-state index in [1.807, 2.05) is 6.08 Å². The van der Waals surface area contributed by atoms with E-state index in [1.54, 1.807) is 0 Å². The van der Waals surface area contributed by atoms with E-state index in [-0.39, 0.29) is 0 Å². The molecule has 0 saturated carbocycles. The maximum Gasteiger partial charge on any atom is 0.0357 e. The molecule has 0 saturated heterocycles. The van der Waals surface area contributed by atoms with Crippen LogP contribution in [0.4, 0.5) is 0 Å². The molecule has 0 aliphatic rings. The Morgan fingerprint density at radius 2 is 2.22 bits per heavy atom. The first-order valence-electron chi connectivity index (χ1n) is 3.22. The zero-order valence-electron chi connectivity index (χ0n) is 5.81. The normalized spacial score (nSPS) is 14.0. The Labute approximate surface area is 65.8 Å². The molecule has 0 rings (SSSR count). The molecule has 0 aliphatic heterocycles. The van der Waals surface area contributed by atoms with Crippen LogP contribution >= 0.6 is 15.9 Å². The van der Waals surface area contributed by atoms with Gasteiger partial charge in [0.2, 0.25) is 0 Å². The number of halogens is 1. The molecule has 0 bridgehead atoms. The Kier molecular flexibility index (Phi) is 6.06. The summed E-state index contributed by atoms with van der Waals surface area (Å²) in [4.78, 5) is 0.445. The van der Waals surface area contributed by atoms with Crippen LogP contribution < -0.4 is 0 Å². The molecule has 1 atom stereocenters. The van der Waals surface area contributed by atoms with Crippen molar-refractivity contribution in [1.82, 2.24) is 0 Å². The minimum absolute atomic E-state index is 0.445. The van der Waals surface area contributed by atoms with E-state index >= 15 is 0 Å². The number of hydrogen-bond donors (Lipinski definition) is 0. The third-order valence-electron chi connectivity index (χ3n) is 1.02. The predicted octanol–water partition coefficient (Wildman–Crippen LogP) is 3.29. The highest BCUT2D eigenvalue weighted by Gasteiger charge is 1.90. The molecular weight excluding hydrogens is 176 g/mol. The second kappa shape index (κ2) is 6.09. The van der Waals surface area contributed by atoms with Crippen molar-refractivity contribution in [2.75, 3.05) is 0 Å². The van der Waals surface area contributed by atoms with Crippen LogP contribution in [0.3, 0.4) is 0 Å². The second-order valence-electron chi connectivity index (χ2n) is 1.87. The average Bonchev–Trinajstić information content (AvgIpc) is 1.89. The summed E-state index contributed by atoms with van der Waals surface area (Å²) < 4.78 is 0. The molecule has 0 aliphatic carbocycles. The van der Waals surface area contributed by atoms with E-state index in [2.05, 4.69) is 41.6 Å². The van der Waals surface area contributed by atoms with Gasteiger partial charge in [-0.2, -0.15) is 0 Å². The summed E-state index contributed by atoms with van der Waals surface area (Å²) in [5.41, 5.74) is 0. The molecule has 0 amide bonds. The van der Waals surface area contributed by atoms with Crippen molar-refractivity contribution in [3.63, 3.8) is 0 Å². The van der Waals surface area contributed by atoms with Crippen molar-refractivity contribution in [2.45, 2.75) is 24.6 Å². The summed E-state index contributed by atoms with van der Waals surface area (Å²) >= 11 is 3.44. The zero-order valence-corrected chi connectivity index (χ0v) is 7.39. The van der Waals surface area contributed by atoms with Gasteiger partial charge in [-0.25, -0.2) is 0 Å². The summed E-state index contributed by atoms with van der Waals surface area (Å²) in [6.07, 6.45) is 8.41. The molecule has 0 heterocycles. The monoisotopic (exact) mass is 188 g/mol. The largest absolute Gasteiger partial charge is 0.102 e. The second-order valence-corrected chi connectivity index (χ2v) is 3.04. The van der Waals surface area contributed by atoms with Crippen LogP contribution in [0.2, 0.25) is 0 Å². The molecule has 0 spiro atoms. The van der Waals surface area contributed by atoms with Crippen molar-refractivity contribution in [3.05, 3.63) is 24.8 Å². The Hall–Kier alpha value is -0.0400. The van der Waals surface area contributed by atoms with E-state index in [0.29, 0.717) is 4.83 Å². The van der Waals surface area contributed by atoms with Gasteiger partial charge >= 0.3 is 0 Å². The van der Waals surface area contributed by atoms with Crippen LogP contribution in [0.15, 0.2) is 24.8 Å². The number of hydrogen-bond acceptors (Lipinski definition) is 0. The average molecular weight is 189 g/mol. The minimum atomic E-state index is 0.445. The Balaban J connectivity index is 3.25. The maximum absolute atomic E-state index is 3.66. The lowest BCUT2D eigenvalue weighted by molar-refractivity contribution is 1.07. The first-order chi connectivity index (χ1) is 4.31. The summed E-state index contributed by atoms with van der Waals surface area (Å²) in [6.45, 7) is 5.79. The third-order valence-corrected chi connectivity index (χ3v) is 1.77. The molecule has 0 N–H and O–H groups in total. The van der Waals surface area contributed by atoms with Crippen molar-refractivity contribution in [1.29, 1.82) is 0 Å². The Morgan fingerprint density at radius 1 is 1.56 bits per heavy atom. The van der Waals surface area contributed by atoms with Gasteiger partial charge in [-0.05, 0) is 12.8 Å². The zero-order chi connectivity index (χ0) is 7.11. The molecule has 1 unspecified atom stereocenters. The molecule has 9 heavy (non-hydrogen) atoms. The molecule has 52 valence electrons. The van der Waals surface area contributed by atoms with E-state index in [0.717, 1.165) is 12.8 Å². The van der Waals surface area contributed by atoms with Gasteiger partial charge in [0.05, 0.1) is 0 Å². The molecule has 0 aromatic heterocycles. The maximum atomic E-state index is 3.66. The van der Waals surface area contributed by atoms with Crippen LogP contribution in [-0.2, 0) is 0 Å². The fourth-order valence-corrected chi connectivity index (χ4v) is 0.705. The molecule has 1 heteroatoms. The van der Waals surface area contributed by atoms with E-state index < -0.39 is 0 Å². The van der Waals surface area contributed by atoms with Crippen LogP contribution in [0, 0.1) is 0 Å². The van der Waals surface area contributed by atoms with Crippen LogP contribution in [0.25, 0.3) is 0 Å². The van der Waals surface area contributed by atoms with Gasteiger partial charge in [0, 0.05) is 4.83 Å². The minimum Gasteiger partial charge on any atom is -0.102 e. The topological polar surface area (TPSA) is 0 Å². The van der Waals surface area contributed by atoms with Gasteiger partial charge in [0.1, 0.15) is 0 Å². The lowest BCUT2D eigenvalue weighted by atomic mass is 10.3. The molecule has 0 fully saturated rings. The van der Waals surface area contributed by atoms with Crippen molar-refractivity contribution < 1.29 is 0 Å². The van der Waals surface area contributed by atoms with Crippen LogP contribution in [0.5, 0.6) is 0 Å². The smallest absolute Gasteiger partial charge is 0.0357 e. The quantitative estimate of drug-likeness (QED) is 0.470. The van der Waals surface area contributed by atoms with E-state index in [9.17, 15) is 0 Å². The summed E-state index contributed by atoms with van der Waals surface area (Å²) in [5.74, 6) is 0. The van der Waals surface area contributed by atoms with E-state index in [1.165, 1.54) is 0 Å². The number of rotatable bonds is 4. The highest BCUT2D eigenvalue weighted by molar-refractivity contribution is 9.09. The van der Waals surface area contributed by atoms with Gasteiger partial charge in [-0.1, -0.05) is 41.1 Å². The van der Waals surface area contributed by atoms with E-state index in [4.69, 9.17) is 0 Å². The van der Waals surface area contributed by atoms with Gasteiger partial charge < -0.3 is 0 Å². The SMILES string of the molecule is C=CC(Br)CC=CCC. The van der Waals surface area contributed by atoms with Gasteiger partial charge in [0.15, 0.2) is 0 Å². The molecule has 0 aromatic carbocycles. The summed E-state index contributed by atoms with van der Waals surface area (Å²) in [5, 5.41) is 0. The Bertz CT molecular complexity index is 94.7. The predicted molar refractivity (Wildman–Crippen MR) is 47.0 cm³/mol. The lowest BCUT2D eigenvalue weighted by Crippen LogP contribution is -1.86. The van der Waals surface area contributed by atoms with Crippen LogP contribution in [0.1, 0.15) is 19.8 Å². The van der Waals surface area contributed by atoms with Gasteiger partial charge in [0.25, 0.3) is 0 Å². The highest BCUT2D eigenvalue weighted by Crippen LogP contribution is 2.06. The summed E-state index contributed by atoms with van der Waals surface area (Å²) in [6, 6.07) is 0. The van der Waals surface area contributed by atoms with Crippen molar-refractivity contribution in [2.24, 2.45) is 0 Å².